The Labute approximate surface area is 120 Å². The fraction of sp³-hybridized carbons (Fsp3) is 0.600. The monoisotopic (exact) mass is 294 g/mol. The minimum Gasteiger partial charge on any atom is -0.398 e. The zero-order chi connectivity index (χ0) is 14.5. The minimum atomic E-state index is -3.51. The summed E-state index contributed by atoms with van der Waals surface area (Å²) in [6.45, 7) is 3.85. The molecule has 110 valence electrons. The maximum atomic E-state index is 12.6. The molecule has 0 bridgehead atoms. The number of benzene rings is 1. The van der Waals surface area contributed by atoms with Crippen molar-refractivity contribution in [3.05, 3.63) is 23.3 Å². The topological polar surface area (TPSA) is 72.2 Å². The Balaban J connectivity index is 1.89. The Bertz CT molecular complexity index is 620. The Morgan fingerprint density at radius 2 is 1.60 bits per heavy atom. The van der Waals surface area contributed by atoms with Crippen molar-refractivity contribution < 1.29 is 8.42 Å². The number of sulfonamides is 1. The normalized spacial score (nSPS) is 19.6. The Morgan fingerprint density at radius 1 is 1.10 bits per heavy atom. The van der Waals surface area contributed by atoms with Crippen LogP contribution in [-0.4, -0.2) is 14.5 Å². The maximum Gasteiger partial charge on any atom is 0.242 e. The van der Waals surface area contributed by atoms with Crippen molar-refractivity contribution in [3.63, 3.8) is 0 Å². The number of anilines is 1. The van der Waals surface area contributed by atoms with Crippen LogP contribution in [0.3, 0.4) is 0 Å². The third-order valence-electron chi connectivity index (χ3n) is 4.47. The third kappa shape index (κ3) is 2.69. The number of hydrogen-bond donors (Lipinski definition) is 2. The third-order valence-corrected chi connectivity index (χ3v) is 5.98. The molecule has 1 aromatic carbocycles. The van der Waals surface area contributed by atoms with E-state index >= 15 is 0 Å². The predicted octanol–water partition coefficient (Wildman–Crippen LogP) is 2.35. The highest BCUT2D eigenvalue weighted by atomic mass is 32.2. The van der Waals surface area contributed by atoms with E-state index in [2.05, 4.69) is 4.72 Å². The van der Waals surface area contributed by atoms with Crippen LogP contribution in [-0.2, 0) is 10.0 Å². The standard InChI is InChI=1S/C15H22N2O2S/c1-9-7-13(16)14(8-10(9)2)20(18,19)17-15(11-3-4-11)12-5-6-12/h7-8,11-12,15,17H,3-6,16H2,1-2H3. The molecule has 0 aromatic heterocycles. The molecule has 0 unspecified atom stereocenters. The van der Waals surface area contributed by atoms with Crippen LogP contribution in [0.25, 0.3) is 0 Å². The van der Waals surface area contributed by atoms with E-state index in [-0.39, 0.29) is 10.9 Å². The second-order valence-electron chi connectivity index (χ2n) is 6.30. The molecule has 0 radical (unpaired) electrons. The van der Waals surface area contributed by atoms with Gasteiger partial charge in [-0.15, -0.1) is 0 Å². The lowest BCUT2D eigenvalue weighted by Gasteiger charge is -2.19. The summed E-state index contributed by atoms with van der Waals surface area (Å²) in [5.74, 6) is 1.06. The van der Waals surface area contributed by atoms with E-state index in [4.69, 9.17) is 5.73 Å². The van der Waals surface area contributed by atoms with Gasteiger partial charge in [0.05, 0.1) is 5.69 Å². The molecule has 0 atom stereocenters. The largest absolute Gasteiger partial charge is 0.398 e. The average molecular weight is 294 g/mol. The number of hydrogen-bond acceptors (Lipinski definition) is 3. The zero-order valence-electron chi connectivity index (χ0n) is 12.0. The van der Waals surface area contributed by atoms with Gasteiger partial charge in [-0.1, -0.05) is 0 Å². The summed E-state index contributed by atoms with van der Waals surface area (Å²) in [6.07, 6.45) is 4.58. The second-order valence-corrected chi connectivity index (χ2v) is 7.98. The Kier molecular flexibility index (Phi) is 3.29. The van der Waals surface area contributed by atoms with Crippen molar-refractivity contribution in [2.75, 3.05) is 5.73 Å². The fourth-order valence-electron chi connectivity index (χ4n) is 2.78. The van der Waals surface area contributed by atoms with Crippen LogP contribution < -0.4 is 10.5 Å². The minimum absolute atomic E-state index is 0.112. The molecule has 2 fully saturated rings. The van der Waals surface area contributed by atoms with Gasteiger partial charge in [0, 0.05) is 6.04 Å². The second kappa shape index (κ2) is 4.74. The molecule has 2 saturated carbocycles. The smallest absolute Gasteiger partial charge is 0.242 e. The summed E-state index contributed by atoms with van der Waals surface area (Å²) in [5.41, 5.74) is 8.22. The van der Waals surface area contributed by atoms with Gasteiger partial charge in [0.15, 0.2) is 0 Å². The molecule has 2 aliphatic carbocycles. The Hall–Kier alpha value is -1.07. The van der Waals surface area contributed by atoms with Crippen LogP contribution in [0.1, 0.15) is 36.8 Å². The van der Waals surface area contributed by atoms with Gasteiger partial charge in [-0.05, 0) is 74.6 Å². The van der Waals surface area contributed by atoms with Gasteiger partial charge in [-0.2, -0.15) is 0 Å². The molecule has 0 aliphatic heterocycles. The van der Waals surface area contributed by atoms with Gasteiger partial charge < -0.3 is 5.73 Å². The van der Waals surface area contributed by atoms with Gasteiger partial charge in [-0.25, -0.2) is 13.1 Å². The molecule has 0 saturated heterocycles. The number of nitrogens with one attached hydrogen (secondary N) is 1. The number of nitrogens with two attached hydrogens (primary N) is 1. The predicted molar refractivity (Wildman–Crippen MR) is 79.9 cm³/mol. The molecule has 3 rings (SSSR count). The summed E-state index contributed by atoms with van der Waals surface area (Å²) in [6, 6.07) is 3.54. The van der Waals surface area contributed by atoms with Gasteiger partial charge in [0.1, 0.15) is 4.90 Å². The molecule has 3 N–H and O–H groups in total. The van der Waals surface area contributed by atoms with E-state index in [9.17, 15) is 8.42 Å². The molecular formula is C15H22N2O2S. The molecule has 20 heavy (non-hydrogen) atoms. The SMILES string of the molecule is Cc1cc(N)c(S(=O)(=O)NC(C2CC2)C2CC2)cc1C. The van der Waals surface area contributed by atoms with E-state index < -0.39 is 10.0 Å². The van der Waals surface area contributed by atoms with E-state index in [1.165, 1.54) is 0 Å². The summed E-state index contributed by atoms with van der Waals surface area (Å²) in [7, 11) is -3.51. The molecule has 4 nitrogen and oxygen atoms in total. The molecule has 5 heteroatoms. The first-order chi connectivity index (χ1) is 9.38. The van der Waals surface area contributed by atoms with Gasteiger partial charge in [-0.3, -0.25) is 0 Å². The molecule has 0 heterocycles. The summed E-state index contributed by atoms with van der Waals surface area (Å²) in [5, 5.41) is 0. The van der Waals surface area contributed by atoms with Crippen molar-refractivity contribution in [2.24, 2.45) is 11.8 Å². The van der Waals surface area contributed by atoms with Crippen LogP contribution in [0.5, 0.6) is 0 Å². The van der Waals surface area contributed by atoms with Crippen molar-refractivity contribution in [1.82, 2.24) is 4.72 Å². The first-order valence-corrected chi connectivity index (χ1v) is 8.76. The lowest BCUT2D eigenvalue weighted by molar-refractivity contribution is 0.471. The van der Waals surface area contributed by atoms with E-state index in [0.29, 0.717) is 17.5 Å². The Morgan fingerprint density at radius 3 is 2.10 bits per heavy atom. The van der Waals surface area contributed by atoms with E-state index in [0.717, 1.165) is 36.8 Å². The summed E-state index contributed by atoms with van der Waals surface area (Å²) in [4.78, 5) is 0.229. The zero-order valence-corrected chi connectivity index (χ0v) is 12.8. The first kappa shape index (κ1) is 13.9. The molecular weight excluding hydrogens is 272 g/mol. The van der Waals surface area contributed by atoms with Gasteiger partial charge in [0.2, 0.25) is 10.0 Å². The quantitative estimate of drug-likeness (QED) is 0.819. The highest BCUT2D eigenvalue weighted by Crippen LogP contribution is 2.45. The van der Waals surface area contributed by atoms with Crippen LogP contribution in [0.4, 0.5) is 5.69 Å². The molecule has 0 spiro atoms. The lowest BCUT2D eigenvalue weighted by atomic mass is 10.1. The first-order valence-electron chi connectivity index (χ1n) is 7.27. The lowest BCUT2D eigenvalue weighted by Crippen LogP contribution is -2.38. The average Bonchev–Trinajstić information content (AvgIpc) is 3.24. The van der Waals surface area contributed by atoms with Crippen molar-refractivity contribution >= 4 is 15.7 Å². The number of aryl methyl sites for hydroxylation is 2. The highest BCUT2D eigenvalue weighted by Gasteiger charge is 2.43. The molecule has 2 aliphatic rings. The number of nitrogen functional groups attached to an aromatic ring is 1. The summed E-state index contributed by atoms with van der Waals surface area (Å²) < 4.78 is 28.1. The number of rotatable bonds is 5. The van der Waals surface area contributed by atoms with Crippen molar-refractivity contribution in [2.45, 2.75) is 50.5 Å². The van der Waals surface area contributed by atoms with E-state index in [1.54, 1.807) is 12.1 Å². The van der Waals surface area contributed by atoms with E-state index in [1.807, 2.05) is 13.8 Å². The maximum absolute atomic E-state index is 12.6. The van der Waals surface area contributed by atoms with Crippen LogP contribution in [0.2, 0.25) is 0 Å². The highest BCUT2D eigenvalue weighted by molar-refractivity contribution is 7.89. The van der Waals surface area contributed by atoms with Gasteiger partial charge in [0.25, 0.3) is 0 Å². The van der Waals surface area contributed by atoms with Gasteiger partial charge >= 0.3 is 0 Å². The van der Waals surface area contributed by atoms with Crippen molar-refractivity contribution in [1.29, 1.82) is 0 Å². The molecule has 1 aromatic rings. The van der Waals surface area contributed by atoms with Crippen LogP contribution in [0, 0.1) is 25.7 Å². The van der Waals surface area contributed by atoms with Crippen LogP contribution >= 0.6 is 0 Å². The van der Waals surface area contributed by atoms with Crippen LogP contribution in [0.15, 0.2) is 17.0 Å². The van der Waals surface area contributed by atoms with Crippen molar-refractivity contribution in [3.8, 4) is 0 Å². The fourth-order valence-corrected chi connectivity index (χ4v) is 4.35. The summed E-state index contributed by atoms with van der Waals surface area (Å²) >= 11 is 0. The molecule has 0 amide bonds.